The van der Waals surface area contributed by atoms with Gasteiger partial charge in [-0.05, 0) is 27.8 Å². The first-order chi connectivity index (χ1) is 21.2. The first-order valence-electron chi connectivity index (χ1n) is 14.6. The molecule has 0 aliphatic carbocycles. The van der Waals surface area contributed by atoms with Crippen molar-refractivity contribution in [2.75, 3.05) is 14.2 Å². The Morgan fingerprint density at radius 2 is 0.791 bits per heavy atom. The van der Waals surface area contributed by atoms with Crippen molar-refractivity contribution < 1.29 is 18.8 Å². The molecule has 5 aromatic rings. The predicted octanol–water partition coefficient (Wildman–Crippen LogP) is 7.69. The summed E-state index contributed by atoms with van der Waals surface area (Å²) in [5.41, 5.74) is 2.83. The van der Waals surface area contributed by atoms with Crippen LogP contribution in [-0.2, 0) is 30.0 Å². The van der Waals surface area contributed by atoms with Crippen LogP contribution in [0, 0.1) is 0 Å². The zero-order chi connectivity index (χ0) is 29.5. The molecule has 0 unspecified atom stereocenters. The van der Waals surface area contributed by atoms with Crippen LogP contribution in [0.3, 0.4) is 0 Å². The number of hydrogen-bond donors (Lipinski definition) is 0. The molecule has 0 radical (unpaired) electrons. The zero-order valence-corrected chi connectivity index (χ0v) is 24.5. The van der Waals surface area contributed by atoms with Gasteiger partial charge in [-0.1, -0.05) is 164 Å². The van der Waals surface area contributed by atoms with Crippen LogP contribution < -0.4 is 0 Å². The van der Waals surface area contributed by atoms with Gasteiger partial charge in [-0.25, -0.2) is 0 Å². The molecule has 1 heterocycles. The van der Waals surface area contributed by atoms with Crippen molar-refractivity contribution in [1.29, 1.82) is 0 Å². The minimum Gasteiger partial charge on any atom is -0.398 e. The number of rotatable bonds is 10. The topological polar surface area (TPSA) is 36.9 Å². The van der Waals surface area contributed by atoms with Gasteiger partial charge in [-0.2, -0.15) is 0 Å². The molecule has 1 saturated heterocycles. The van der Waals surface area contributed by atoms with Crippen molar-refractivity contribution in [2.45, 2.75) is 23.4 Å². The zero-order valence-electron chi connectivity index (χ0n) is 24.5. The molecule has 0 bridgehead atoms. The third-order valence-corrected chi connectivity index (χ3v) is 8.34. The van der Waals surface area contributed by atoms with E-state index in [9.17, 15) is 0 Å². The maximum absolute atomic E-state index is 7.00. The van der Waals surface area contributed by atoms with Gasteiger partial charge in [-0.3, -0.25) is 0 Å². The van der Waals surface area contributed by atoms with E-state index in [0.29, 0.717) is 0 Å². The van der Waals surface area contributed by atoms with Crippen LogP contribution >= 0.6 is 0 Å². The Bertz CT molecular complexity index is 1420. The van der Waals surface area contributed by atoms with E-state index >= 15 is 0 Å². The van der Waals surface area contributed by atoms with Crippen molar-refractivity contribution >= 4 is 13.2 Å². The molecular formula is C38H35BO4. The highest BCUT2D eigenvalue weighted by Crippen LogP contribution is 2.50. The molecular weight excluding hydrogens is 531 g/mol. The fourth-order valence-electron chi connectivity index (χ4n) is 6.36. The molecule has 1 fully saturated rings. The van der Waals surface area contributed by atoms with Crippen molar-refractivity contribution in [3.05, 3.63) is 185 Å². The summed E-state index contributed by atoms with van der Waals surface area (Å²) in [6.45, 7) is 0. The van der Waals surface area contributed by atoms with Gasteiger partial charge >= 0.3 is 7.12 Å². The first-order valence-corrected chi connectivity index (χ1v) is 14.6. The van der Waals surface area contributed by atoms with Crippen LogP contribution in [0.5, 0.6) is 0 Å². The van der Waals surface area contributed by atoms with Crippen LogP contribution in [0.4, 0.5) is 0 Å². The molecule has 5 heteroatoms. The predicted molar refractivity (Wildman–Crippen MR) is 172 cm³/mol. The second-order valence-electron chi connectivity index (χ2n) is 10.6. The lowest BCUT2D eigenvalue weighted by Gasteiger charge is -2.46. The third kappa shape index (κ3) is 5.37. The van der Waals surface area contributed by atoms with Crippen molar-refractivity contribution in [1.82, 2.24) is 0 Å². The molecule has 0 amide bonds. The van der Waals surface area contributed by atoms with E-state index in [2.05, 4.69) is 60.7 Å². The molecule has 5 aromatic carbocycles. The Balaban J connectivity index is 1.59. The minimum absolute atomic E-state index is 0.631. The molecule has 1 aliphatic heterocycles. The average Bonchev–Trinajstić information content (AvgIpc) is 3.52. The average molecular weight is 567 g/mol. The highest BCUT2D eigenvalue weighted by molar-refractivity contribution is 6.52. The number of benzene rings is 5. The largest absolute Gasteiger partial charge is 0.486 e. The summed E-state index contributed by atoms with van der Waals surface area (Å²) in [5, 5.41) is 0. The molecule has 214 valence electrons. The van der Waals surface area contributed by atoms with Crippen molar-refractivity contribution in [2.24, 2.45) is 0 Å². The fraction of sp³-hybridized carbons (Fsp3) is 0.158. The highest BCUT2D eigenvalue weighted by Gasteiger charge is 2.61. The standard InChI is InChI=1S/C38H35BO4/c1-40-37(31-20-10-4-11-21-31,32-22-12-5-13-23-32)35-36(43-39(42-35)29-28-30-18-8-3-9-19-30)38(41-2,33-24-14-6-15-25-33)34-26-16-7-17-27-34/h3-29,35-36H,1-2H3/b29-28+/t35-,36-/m1/s1. The van der Waals surface area contributed by atoms with Gasteiger partial charge in [0, 0.05) is 14.2 Å². The summed E-state index contributed by atoms with van der Waals surface area (Å²) < 4.78 is 27.3. The third-order valence-electron chi connectivity index (χ3n) is 8.34. The molecule has 4 nitrogen and oxygen atoms in total. The smallest absolute Gasteiger partial charge is 0.398 e. The number of hydrogen-bond acceptors (Lipinski definition) is 4. The lowest BCUT2D eigenvalue weighted by molar-refractivity contribution is -0.136. The second kappa shape index (κ2) is 12.9. The van der Waals surface area contributed by atoms with E-state index in [0.717, 1.165) is 27.8 Å². The van der Waals surface area contributed by atoms with E-state index < -0.39 is 30.5 Å². The van der Waals surface area contributed by atoms with Crippen LogP contribution in [-0.4, -0.2) is 33.5 Å². The molecule has 0 aromatic heterocycles. The first kappa shape index (κ1) is 28.8. The molecule has 1 aliphatic rings. The van der Waals surface area contributed by atoms with E-state index in [4.69, 9.17) is 18.8 Å². The molecule has 0 N–H and O–H groups in total. The van der Waals surface area contributed by atoms with Gasteiger partial charge in [0.1, 0.15) is 23.4 Å². The summed E-state index contributed by atoms with van der Waals surface area (Å²) in [4.78, 5) is 0. The van der Waals surface area contributed by atoms with Gasteiger partial charge in [0.25, 0.3) is 0 Å². The summed E-state index contributed by atoms with van der Waals surface area (Å²) in [7, 11) is 2.82. The second-order valence-corrected chi connectivity index (χ2v) is 10.6. The van der Waals surface area contributed by atoms with E-state index in [1.165, 1.54) is 0 Å². The minimum atomic E-state index is -1.03. The Morgan fingerprint density at radius 3 is 1.09 bits per heavy atom. The van der Waals surface area contributed by atoms with Crippen LogP contribution in [0.1, 0.15) is 27.8 Å². The number of ether oxygens (including phenoxy) is 2. The Kier molecular flexibility index (Phi) is 8.68. The lowest BCUT2D eigenvalue weighted by atomic mass is 9.71. The Labute approximate surface area is 254 Å². The van der Waals surface area contributed by atoms with E-state index in [-0.39, 0.29) is 0 Å². The van der Waals surface area contributed by atoms with Crippen LogP contribution in [0.2, 0.25) is 0 Å². The summed E-state index contributed by atoms with van der Waals surface area (Å²) >= 11 is 0. The van der Waals surface area contributed by atoms with Gasteiger partial charge in [0.15, 0.2) is 0 Å². The number of methoxy groups -OCH3 is 2. The molecule has 6 rings (SSSR count). The molecule has 0 spiro atoms. The maximum atomic E-state index is 7.00. The van der Waals surface area contributed by atoms with E-state index in [1.54, 1.807) is 14.2 Å². The van der Waals surface area contributed by atoms with Gasteiger partial charge in [0.05, 0.1) is 0 Å². The fourth-order valence-corrected chi connectivity index (χ4v) is 6.36. The Hall–Kier alpha value is -4.26. The van der Waals surface area contributed by atoms with Crippen molar-refractivity contribution in [3.63, 3.8) is 0 Å². The SMILES string of the molecule is COC(c1ccccc1)(c1ccccc1)[C@@H]1OB(/C=C/c2ccccc2)O[C@H]1C(OC)(c1ccccc1)c1ccccc1. The van der Waals surface area contributed by atoms with Crippen molar-refractivity contribution in [3.8, 4) is 0 Å². The maximum Gasteiger partial charge on any atom is 0.486 e. The summed E-state index contributed by atoms with van der Waals surface area (Å²) in [6.07, 6.45) is 0.768. The highest BCUT2D eigenvalue weighted by atomic mass is 16.7. The molecule has 2 atom stereocenters. The van der Waals surface area contributed by atoms with Gasteiger partial charge in [-0.15, -0.1) is 0 Å². The lowest BCUT2D eigenvalue weighted by Crippen LogP contribution is -2.56. The monoisotopic (exact) mass is 566 g/mol. The van der Waals surface area contributed by atoms with Crippen LogP contribution in [0.15, 0.2) is 158 Å². The van der Waals surface area contributed by atoms with Crippen LogP contribution in [0.25, 0.3) is 6.08 Å². The summed E-state index contributed by atoms with van der Waals surface area (Å²) in [6, 6.07) is 51.1. The Morgan fingerprint density at radius 1 is 0.488 bits per heavy atom. The normalized spacial score (nSPS) is 17.4. The van der Waals surface area contributed by atoms with Gasteiger partial charge in [0.2, 0.25) is 0 Å². The van der Waals surface area contributed by atoms with E-state index in [1.807, 2.05) is 103 Å². The molecule has 0 saturated carbocycles. The quantitative estimate of drug-likeness (QED) is 0.163. The summed E-state index contributed by atoms with van der Waals surface area (Å²) in [5.74, 6) is 1.97. The van der Waals surface area contributed by atoms with Gasteiger partial charge < -0.3 is 18.8 Å². The molecule has 43 heavy (non-hydrogen) atoms.